The molecule has 0 aliphatic carbocycles. The summed E-state index contributed by atoms with van der Waals surface area (Å²) in [6.07, 6.45) is 3.42. The molecular formula is C8H15O3P. The fourth-order valence-electron chi connectivity index (χ4n) is 0.705. The van der Waals surface area contributed by atoms with Crippen LogP contribution in [0.1, 0.15) is 20.8 Å². The van der Waals surface area contributed by atoms with Crippen LogP contribution in [0.3, 0.4) is 0 Å². The summed E-state index contributed by atoms with van der Waals surface area (Å²) in [5, 5.41) is 0. The van der Waals surface area contributed by atoms with Gasteiger partial charge in [0.1, 0.15) is 0 Å². The summed E-state index contributed by atoms with van der Waals surface area (Å²) in [5.41, 5.74) is 0.123. The smallest absolute Gasteiger partial charge is 0.396 e. The normalized spacial score (nSPS) is 24.6. The SMILES string of the molecule is CC=COP1OCC(C)(C)CO1. The minimum Gasteiger partial charge on any atom is -0.435 e. The van der Waals surface area contributed by atoms with Crippen LogP contribution in [0.5, 0.6) is 0 Å². The van der Waals surface area contributed by atoms with Crippen LogP contribution in [0.15, 0.2) is 12.3 Å². The van der Waals surface area contributed by atoms with Gasteiger partial charge < -0.3 is 13.6 Å². The number of hydrogen-bond acceptors (Lipinski definition) is 3. The van der Waals surface area contributed by atoms with Gasteiger partial charge in [0, 0.05) is 5.41 Å². The van der Waals surface area contributed by atoms with Crippen molar-refractivity contribution in [3.63, 3.8) is 0 Å². The lowest BCUT2D eigenvalue weighted by atomic mass is 9.97. The van der Waals surface area contributed by atoms with Gasteiger partial charge in [0.05, 0.1) is 19.5 Å². The summed E-state index contributed by atoms with van der Waals surface area (Å²) in [6, 6.07) is 0. The fourth-order valence-corrected chi connectivity index (χ4v) is 2.03. The van der Waals surface area contributed by atoms with Crippen LogP contribution in [0.2, 0.25) is 0 Å². The van der Waals surface area contributed by atoms with Gasteiger partial charge in [0.25, 0.3) is 0 Å². The molecule has 0 N–H and O–H groups in total. The number of rotatable bonds is 2. The maximum atomic E-state index is 5.36. The van der Waals surface area contributed by atoms with E-state index in [4.69, 9.17) is 13.6 Å². The first-order valence-electron chi connectivity index (χ1n) is 3.98. The average Bonchev–Trinajstić information content (AvgIpc) is 2.03. The van der Waals surface area contributed by atoms with Crippen molar-refractivity contribution < 1.29 is 13.6 Å². The molecule has 1 saturated heterocycles. The maximum absolute atomic E-state index is 5.36. The van der Waals surface area contributed by atoms with E-state index >= 15 is 0 Å². The van der Waals surface area contributed by atoms with Gasteiger partial charge in [-0.1, -0.05) is 19.9 Å². The van der Waals surface area contributed by atoms with Crippen LogP contribution in [-0.2, 0) is 13.6 Å². The highest BCUT2D eigenvalue weighted by Crippen LogP contribution is 2.46. The van der Waals surface area contributed by atoms with E-state index in [1.807, 2.05) is 13.0 Å². The molecule has 12 heavy (non-hydrogen) atoms. The Balaban J connectivity index is 2.26. The first-order chi connectivity index (χ1) is 5.64. The van der Waals surface area contributed by atoms with Crippen molar-refractivity contribution in [2.75, 3.05) is 13.2 Å². The van der Waals surface area contributed by atoms with Crippen LogP contribution in [0.4, 0.5) is 0 Å². The zero-order valence-corrected chi connectivity index (χ0v) is 8.64. The van der Waals surface area contributed by atoms with Gasteiger partial charge in [-0.3, -0.25) is 0 Å². The van der Waals surface area contributed by atoms with E-state index in [1.165, 1.54) is 0 Å². The summed E-state index contributed by atoms with van der Waals surface area (Å²) >= 11 is 0. The molecule has 0 aromatic heterocycles. The van der Waals surface area contributed by atoms with Gasteiger partial charge in [0.15, 0.2) is 0 Å². The third-order valence-electron chi connectivity index (χ3n) is 1.40. The quantitative estimate of drug-likeness (QED) is 0.495. The molecule has 0 amide bonds. The summed E-state index contributed by atoms with van der Waals surface area (Å²) < 4.78 is 15.9. The van der Waals surface area contributed by atoms with Crippen molar-refractivity contribution in [2.45, 2.75) is 20.8 Å². The Morgan fingerprint density at radius 3 is 2.42 bits per heavy atom. The second-order valence-corrected chi connectivity index (χ2v) is 4.68. The lowest BCUT2D eigenvalue weighted by Crippen LogP contribution is -2.28. The molecule has 0 spiro atoms. The molecule has 1 fully saturated rings. The monoisotopic (exact) mass is 190 g/mol. The molecule has 0 unspecified atom stereocenters. The average molecular weight is 190 g/mol. The van der Waals surface area contributed by atoms with Crippen LogP contribution in [-0.4, -0.2) is 13.2 Å². The van der Waals surface area contributed by atoms with Crippen LogP contribution in [0, 0.1) is 5.41 Å². The Bertz CT molecular complexity index is 158. The topological polar surface area (TPSA) is 27.7 Å². The van der Waals surface area contributed by atoms with Gasteiger partial charge in [-0.15, -0.1) is 0 Å². The van der Waals surface area contributed by atoms with Crippen molar-refractivity contribution in [1.82, 2.24) is 0 Å². The number of allylic oxidation sites excluding steroid dienone is 1. The summed E-state index contributed by atoms with van der Waals surface area (Å²) in [6.45, 7) is 7.51. The molecule has 0 radical (unpaired) electrons. The highest BCUT2D eigenvalue weighted by atomic mass is 31.2. The van der Waals surface area contributed by atoms with E-state index in [9.17, 15) is 0 Å². The second kappa shape index (κ2) is 4.22. The van der Waals surface area contributed by atoms with Gasteiger partial charge >= 0.3 is 8.60 Å². The van der Waals surface area contributed by atoms with Crippen molar-refractivity contribution in [2.24, 2.45) is 5.41 Å². The minimum absolute atomic E-state index is 0.123. The van der Waals surface area contributed by atoms with E-state index in [2.05, 4.69) is 13.8 Å². The van der Waals surface area contributed by atoms with E-state index < -0.39 is 8.60 Å². The second-order valence-electron chi connectivity index (χ2n) is 3.51. The highest BCUT2D eigenvalue weighted by Gasteiger charge is 2.30. The van der Waals surface area contributed by atoms with E-state index in [0.717, 1.165) is 0 Å². The molecule has 0 aromatic rings. The van der Waals surface area contributed by atoms with Crippen LogP contribution < -0.4 is 0 Å². The lowest BCUT2D eigenvalue weighted by Gasteiger charge is -2.31. The third kappa shape index (κ3) is 3.10. The Hall–Kier alpha value is -0.110. The highest BCUT2D eigenvalue weighted by molar-refractivity contribution is 7.41. The Morgan fingerprint density at radius 2 is 1.92 bits per heavy atom. The van der Waals surface area contributed by atoms with Crippen LogP contribution in [0.25, 0.3) is 0 Å². The molecular weight excluding hydrogens is 175 g/mol. The van der Waals surface area contributed by atoms with E-state index in [1.54, 1.807) is 6.26 Å². The summed E-state index contributed by atoms with van der Waals surface area (Å²) in [7, 11) is -1.12. The lowest BCUT2D eigenvalue weighted by molar-refractivity contribution is 0.0378. The van der Waals surface area contributed by atoms with Crippen molar-refractivity contribution >= 4 is 8.60 Å². The molecule has 0 aromatic carbocycles. The largest absolute Gasteiger partial charge is 0.435 e. The zero-order valence-electron chi connectivity index (χ0n) is 7.74. The van der Waals surface area contributed by atoms with Gasteiger partial charge in [-0.05, 0) is 6.92 Å². The van der Waals surface area contributed by atoms with Gasteiger partial charge in [-0.2, -0.15) is 0 Å². The molecule has 4 heteroatoms. The minimum atomic E-state index is -1.12. The predicted octanol–water partition coefficient (Wildman–Crippen LogP) is 2.84. The molecule has 0 bridgehead atoms. The maximum Gasteiger partial charge on any atom is 0.396 e. The molecule has 1 aliphatic rings. The molecule has 1 heterocycles. The van der Waals surface area contributed by atoms with E-state index in [0.29, 0.717) is 13.2 Å². The van der Waals surface area contributed by atoms with Crippen LogP contribution >= 0.6 is 8.60 Å². The Morgan fingerprint density at radius 1 is 1.33 bits per heavy atom. The first kappa shape index (κ1) is 9.97. The predicted molar refractivity (Wildman–Crippen MR) is 48.5 cm³/mol. The standard InChI is InChI=1S/C8H15O3P/c1-4-5-9-12-10-6-8(2,3)7-11-12/h4-5H,6-7H2,1-3H3. The van der Waals surface area contributed by atoms with Gasteiger partial charge in [-0.25, -0.2) is 0 Å². The number of hydrogen-bond donors (Lipinski definition) is 0. The molecule has 1 aliphatic heterocycles. The molecule has 3 nitrogen and oxygen atoms in total. The zero-order chi connectivity index (χ0) is 9.03. The summed E-state index contributed by atoms with van der Waals surface area (Å²) in [5.74, 6) is 0. The molecule has 70 valence electrons. The van der Waals surface area contributed by atoms with Crippen molar-refractivity contribution in [3.8, 4) is 0 Å². The van der Waals surface area contributed by atoms with Crippen molar-refractivity contribution in [3.05, 3.63) is 12.3 Å². The third-order valence-corrected chi connectivity index (χ3v) is 2.38. The molecule has 0 atom stereocenters. The fraction of sp³-hybridized carbons (Fsp3) is 0.750. The molecule has 0 saturated carbocycles. The molecule has 1 rings (SSSR count). The van der Waals surface area contributed by atoms with E-state index in [-0.39, 0.29) is 5.41 Å². The summed E-state index contributed by atoms with van der Waals surface area (Å²) in [4.78, 5) is 0. The van der Waals surface area contributed by atoms with Gasteiger partial charge in [0.2, 0.25) is 0 Å². The van der Waals surface area contributed by atoms with Crippen molar-refractivity contribution in [1.29, 1.82) is 0 Å². The Labute approximate surface area is 74.7 Å². The first-order valence-corrected chi connectivity index (χ1v) is 5.07. The Kier molecular flexibility index (Phi) is 3.51.